The summed E-state index contributed by atoms with van der Waals surface area (Å²) in [6.45, 7) is 12.6. The Kier molecular flexibility index (Phi) is 6.06. The molecule has 0 aromatic heterocycles. The minimum atomic E-state index is -0.0738. The van der Waals surface area contributed by atoms with Crippen molar-refractivity contribution in [2.24, 2.45) is 23.2 Å². The molecule has 2 aliphatic carbocycles. The molecule has 1 aromatic carbocycles. The van der Waals surface area contributed by atoms with Gasteiger partial charge in [-0.1, -0.05) is 46.8 Å². The number of likely N-dealkylation sites (tertiary alicyclic amines) is 1. The Morgan fingerprint density at radius 1 is 1.12 bits per heavy atom. The number of carbonyl (C=O) groups is 2. The van der Waals surface area contributed by atoms with Gasteiger partial charge in [-0.25, -0.2) is 0 Å². The normalized spacial score (nSPS) is 31.2. The summed E-state index contributed by atoms with van der Waals surface area (Å²) in [5, 5.41) is 13.6. The molecule has 5 nitrogen and oxygen atoms in total. The summed E-state index contributed by atoms with van der Waals surface area (Å²) in [7, 11) is 0. The van der Waals surface area contributed by atoms with Crippen molar-refractivity contribution < 1.29 is 14.7 Å². The summed E-state index contributed by atoms with van der Waals surface area (Å²) in [4.78, 5) is 28.3. The molecule has 32 heavy (non-hydrogen) atoms. The first-order valence-corrected chi connectivity index (χ1v) is 12.5. The second kappa shape index (κ2) is 8.39. The van der Waals surface area contributed by atoms with Crippen molar-refractivity contribution in [1.82, 2.24) is 10.2 Å². The van der Waals surface area contributed by atoms with Gasteiger partial charge in [0.15, 0.2) is 0 Å². The Morgan fingerprint density at radius 2 is 1.78 bits per heavy atom. The number of benzene rings is 1. The van der Waals surface area contributed by atoms with Gasteiger partial charge in [-0.15, -0.1) is 0 Å². The molecule has 1 aromatic rings. The number of rotatable bonds is 4. The maximum Gasteiger partial charge on any atom is 0.225 e. The summed E-state index contributed by atoms with van der Waals surface area (Å²) in [5.74, 6) is 1.26. The van der Waals surface area contributed by atoms with Gasteiger partial charge in [0, 0.05) is 36.4 Å². The molecule has 176 valence electrons. The van der Waals surface area contributed by atoms with Crippen molar-refractivity contribution in [3.05, 3.63) is 29.3 Å². The van der Waals surface area contributed by atoms with Crippen LogP contribution in [-0.2, 0) is 21.4 Å². The van der Waals surface area contributed by atoms with Crippen LogP contribution in [0.2, 0.25) is 0 Å². The molecule has 5 heteroatoms. The quantitative estimate of drug-likeness (QED) is 0.729. The largest absolute Gasteiger partial charge is 0.508 e. The van der Waals surface area contributed by atoms with Crippen LogP contribution in [0.4, 0.5) is 0 Å². The van der Waals surface area contributed by atoms with E-state index < -0.39 is 0 Å². The number of hydrogen-bond donors (Lipinski definition) is 2. The fraction of sp³-hybridized carbons (Fsp3) is 0.704. The molecule has 2 atom stereocenters. The zero-order chi connectivity index (χ0) is 23.3. The van der Waals surface area contributed by atoms with Crippen LogP contribution in [0.5, 0.6) is 5.75 Å². The van der Waals surface area contributed by atoms with Crippen molar-refractivity contribution in [3.63, 3.8) is 0 Å². The third-order valence-electron chi connectivity index (χ3n) is 9.04. The molecule has 1 saturated heterocycles. The number of hydrogen-bond acceptors (Lipinski definition) is 3. The van der Waals surface area contributed by atoms with E-state index >= 15 is 0 Å². The Hall–Kier alpha value is -2.04. The summed E-state index contributed by atoms with van der Waals surface area (Å²) >= 11 is 0. The number of phenolic OH excluding ortho intramolecular Hbond substituents is 1. The Morgan fingerprint density at radius 3 is 2.44 bits per heavy atom. The smallest absolute Gasteiger partial charge is 0.225 e. The summed E-state index contributed by atoms with van der Waals surface area (Å²) in [6, 6.07) is 5.97. The first-order valence-electron chi connectivity index (χ1n) is 12.5. The molecule has 2 fully saturated rings. The van der Waals surface area contributed by atoms with E-state index in [1.807, 2.05) is 6.07 Å². The van der Waals surface area contributed by atoms with Crippen molar-refractivity contribution >= 4 is 11.8 Å². The van der Waals surface area contributed by atoms with Gasteiger partial charge >= 0.3 is 0 Å². The topological polar surface area (TPSA) is 69.6 Å². The van der Waals surface area contributed by atoms with Gasteiger partial charge in [0.1, 0.15) is 5.75 Å². The lowest BCUT2D eigenvalue weighted by Crippen LogP contribution is -2.65. The number of amides is 2. The number of aromatic hydroxyl groups is 1. The van der Waals surface area contributed by atoms with Crippen LogP contribution in [-0.4, -0.2) is 41.0 Å². The Bertz CT molecular complexity index is 885. The fourth-order valence-corrected chi connectivity index (χ4v) is 6.48. The highest BCUT2D eigenvalue weighted by atomic mass is 16.3. The van der Waals surface area contributed by atoms with Gasteiger partial charge < -0.3 is 15.3 Å². The number of phenols is 1. The Balaban J connectivity index is 1.47. The lowest BCUT2D eigenvalue weighted by molar-refractivity contribution is -0.150. The van der Waals surface area contributed by atoms with E-state index in [2.05, 4.69) is 50.9 Å². The van der Waals surface area contributed by atoms with E-state index in [9.17, 15) is 14.7 Å². The number of nitrogens with zero attached hydrogens (tertiary/aromatic N) is 1. The highest BCUT2D eigenvalue weighted by Gasteiger charge is 2.57. The maximum absolute atomic E-state index is 13.7. The second-order valence-corrected chi connectivity index (χ2v) is 11.5. The minimum absolute atomic E-state index is 0.00933. The average molecular weight is 441 g/mol. The van der Waals surface area contributed by atoms with Crippen LogP contribution >= 0.6 is 0 Å². The first-order chi connectivity index (χ1) is 15.1. The van der Waals surface area contributed by atoms with Crippen molar-refractivity contribution in [2.75, 3.05) is 13.1 Å². The third kappa shape index (κ3) is 3.72. The van der Waals surface area contributed by atoms with E-state index in [1.165, 1.54) is 5.56 Å². The zero-order valence-electron chi connectivity index (χ0n) is 20.4. The highest BCUT2D eigenvalue weighted by Crippen LogP contribution is 2.57. The van der Waals surface area contributed by atoms with Gasteiger partial charge in [0.25, 0.3) is 0 Å². The van der Waals surface area contributed by atoms with Gasteiger partial charge in [-0.2, -0.15) is 0 Å². The van der Waals surface area contributed by atoms with Gasteiger partial charge in [0.05, 0.1) is 0 Å². The minimum Gasteiger partial charge on any atom is -0.508 e. The molecule has 1 saturated carbocycles. The zero-order valence-corrected chi connectivity index (χ0v) is 20.4. The van der Waals surface area contributed by atoms with Crippen LogP contribution in [0.1, 0.15) is 77.8 Å². The van der Waals surface area contributed by atoms with E-state index in [1.54, 1.807) is 6.07 Å². The van der Waals surface area contributed by atoms with E-state index in [0.717, 1.165) is 50.8 Å². The summed E-state index contributed by atoms with van der Waals surface area (Å²) in [6.07, 6.45) is 4.80. The van der Waals surface area contributed by atoms with Crippen molar-refractivity contribution in [1.29, 1.82) is 0 Å². The van der Waals surface area contributed by atoms with Gasteiger partial charge in [0.2, 0.25) is 11.8 Å². The first kappa shape index (κ1) is 23.1. The standard InChI is InChI=1S/C27H40N2O3/c1-17(2)16-28-24(31)18-9-11-19(12-10-18)25(32)29-14-13-27(5)21-7-6-8-22(30)20(21)15-23(29)26(27,3)4/h6-8,17-19,23,30H,9-16H2,1-5H3,(H,28,31)/t18-,19+,23-,27+/m1/s1. The molecule has 2 bridgehead atoms. The Labute approximate surface area is 193 Å². The second-order valence-electron chi connectivity index (χ2n) is 11.5. The number of fused-ring (bicyclic) bond motifs is 4. The molecule has 0 unspecified atom stereocenters. The molecule has 1 aliphatic heterocycles. The molecule has 0 spiro atoms. The molecule has 3 aliphatic rings. The number of piperidine rings is 1. The summed E-state index contributed by atoms with van der Waals surface area (Å²) < 4.78 is 0. The average Bonchev–Trinajstić information content (AvgIpc) is 2.75. The third-order valence-corrected chi connectivity index (χ3v) is 9.04. The van der Waals surface area contributed by atoms with Crippen LogP contribution < -0.4 is 5.32 Å². The molecule has 2 amide bonds. The molecule has 2 N–H and O–H groups in total. The van der Waals surface area contributed by atoms with E-state index in [0.29, 0.717) is 18.1 Å². The van der Waals surface area contributed by atoms with Crippen LogP contribution in [0.3, 0.4) is 0 Å². The predicted octanol–water partition coefficient (Wildman–Crippen LogP) is 4.41. The maximum atomic E-state index is 13.7. The number of nitrogens with one attached hydrogen (secondary N) is 1. The molecule has 1 heterocycles. The molecule has 0 radical (unpaired) electrons. The van der Waals surface area contributed by atoms with Crippen LogP contribution in [0.15, 0.2) is 18.2 Å². The van der Waals surface area contributed by atoms with Crippen molar-refractivity contribution in [3.8, 4) is 5.75 Å². The molecule has 4 rings (SSSR count). The fourth-order valence-electron chi connectivity index (χ4n) is 6.48. The summed E-state index contributed by atoms with van der Waals surface area (Å²) in [5.41, 5.74) is 2.13. The lowest BCUT2D eigenvalue weighted by atomic mass is 9.51. The predicted molar refractivity (Wildman–Crippen MR) is 126 cm³/mol. The monoisotopic (exact) mass is 440 g/mol. The SMILES string of the molecule is CC(C)CNC(=O)[C@H]1CC[C@@H](C(=O)N2CC[C@@]3(C)c4cccc(O)c4C[C@@H]2C3(C)C)CC1. The van der Waals surface area contributed by atoms with E-state index in [4.69, 9.17) is 0 Å². The van der Waals surface area contributed by atoms with Crippen LogP contribution in [0, 0.1) is 23.2 Å². The van der Waals surface area contributed by atoms with Crippen molar-refractivity contribution in [2.45, 2.75) is 84.6 Å². The van der Waals surface area contributed by atoms with E-state index in [-0.39, 0.29) is 40.5 Å². The number of carbonyl (C=O) groups excluding carboxylic acids is 2. The van der Waals surface area contributed by atoms with Gasteiger partial charge in [-0.05, 0) is 67.1 Å². The molecular weight excluding hydrogens is 400 g/mol. The molecular formula is C27H40N2O3. The van der Waals surface area contributed by atoms with Crippen LogP contribution in [0.25, 0.3) is 0 Å². The highest BCUT2D eigenvalue weighted by molar-refractivity contribution is 5.82. The van der Waals surface area contributed by atoms with Gasteiger partial charge in [-0.3, -0.25) is 9.59 Å². The lowest BCUT2D eigenvalue weighted by Gasteiger charge is -2.61.